The van der Waals surface area contributed by atoms with E-state index in [0.29, 0.717) is 36.2 Å². The molecule has 1 amide bonds. The molecule has 0 radical (unpaired) electrons. The van der Waals surface area contributed by atoms with Gasteiger partial charge >= 0.3 is 6.18 Å². The van der Waals surface area contributed by atoms with E-state index in [1.807, 2.05) is 6.07 Å². The molecule has 0 N–H and O–H groups in total. The standard InChI is InChI=1S/C20H18F3N3O3S/c1-25(30(28,29)17-7-4-14(12-24)5-8-17)13-19(27)26-10-2-3-15-11-16(20(21,22)23)6-9-18(15)26/h4-9,11H,2-3,10,13H2,1H3. The smallest absolute Gasteiger partial charge is 0.311 e. The lowest BCUT2D eigenvalue weighted by atomic mass is 9.99. The Labute approximate surface area is 172 Å². The highest BCUT2D eigenvalue weighted by Crippen LogP contribution is 2.35. The Bertz CT molecular complexity index is 1110. The summed E-state index contributed by atoms with van der Waals surface area (Å²) in [7, 11) is -2.72. The normalized spacial score (nSPS) is 14.3. The van der Waals surface area contributed by atoms with E-state index in [1.165, 1.54) is 42.3 Å². The Morgan fingerprint density at radius 1 is 1.20 bits per heavy atom. The van der Waals surface area contributed by atoms with Crippen molar-refractivity contribution < 1.29 is 26.4 Å². The van der Waals surface area contributed by atoms with E-state index in [1.54, 1.807) is 0 Å². The summed E-state index contributed by atoms with van der Waals surface area (Å²) < 4.78 is 65.1. The molecular weight excluding hydrogens is 419 g/mol. The zero-order valence-electron chi connectivity index (χ0n) is 16.0. The summed E-state index contributed by atoms with van der Waals surface area (Å²) in [5.74, 6) is -0.532. The molecule has 158 valence electrons. The number of hydrogen-bond acceptors (Lipinski definition) is 4. The molecule has 0 aliphatic carbocycles. The summed E-state index contributed by atoms with van der Waals surface area (Å²) in [5.41, 5.74) is 0.289. The monoisotopic (exact) mass is 437 g/mol. The van der Waals surface area contributed by atoms with Crippen LogP contribution in [-0.2, 0) is 27.4 Å². The number of carbonyl (C=O) groups excluding carboxylic acids is 1. The fourth-order valence-electron chi connectivity index (χ4n) is 3.27. The maximum Gasteiger partial charge on any atom is 0.416 e. The lowest BCUT2D eigenvalue weighted by molar-refractivity contribution is -0.137. The number of aryl methyl sites for hydroxylation is 1. The van der Waals surface area contributed by atoms with Gasteiger partial charge in [-0.3, -0.25) is 4.79 Å². The van der Waals surface area contributed by atoms with E-state index in [9.17, 15) is 26.4 Å². The van der Waals surface area contributed by atoms with Crippen LogP contribution in [0.15, 0.2) is 47.4 Å². The van der Waals surface area contributed by atoms with Crippen molar-refractivity contribution in [2.45, 2.75) is 23.9 Å². The molecule has 3 rings (SSSR count). The van der Waals surface area contributed by atoms with Crippen molar-refractivity contribution in [3.63, 3.8) is 0 Å². The van der Waals surface area contributed by atoms with Crippen molar-refractivity contribution in [2.75, 3.05) is 25.0 Å². The van der Waals surface area contributed by atoms with Crippen molar-refractivity contribution >= 4 is 21.6 Å². The third-order valence-corrected chi connectivity index (χ3v) is 6.69. The topological polar surface area (TPSA) is 81.5 Å². The molecule has 0 saturated heterocycles. The van der Waals surface area contributed by atoms with Gasteiger partial charge in [0, 0.05) is 19.3 Å². The second-order valence-electron chi connectivity index (χ2n) is 6.89. The molecule has 0 saturated carbocycles. The number of nitriles is 1. The molecule has 2 aromatic carbocycles. The van der Waals surface area contributed by atoms with Crippen LogP contribution in [-0.4, -0.2) is 38.8 Å². The van der Waals surface area contributed by atoms with Gasteiger partial charge in [0.2, 0.25) is 15.9 Å². The van der Waals surface area contributed by atoms with Gasteiger partial charge in [-0.2, -0.15) is 22.7 Å². The highest BCUT2D eigenvalue weighted by molar-refractivity contribution is 7.89. The minimum Gasteiger partial charge on any atom is -0.311 e. The largest absolute Gasteiger partial charge is 0.416 e. The zero-order valence-corrected chi connectivity index (χ0v) is 16.8. The summed E-state index contributed by atoms with van der Waals surface area (Å²) in [5, 5.41) is 8.82. The van der Waals surface area contributed by atoms with Gasteiger partial charge < -0.3 is 4.90 Å². The van der Waals surface area contributed by atoms with Crippen molar-refractivity contribution in [1.29, 1.82) is 5.26 Å². The Kier molecular flexibility index (Phi) is 5.87. The number of rotatable bonds is 4. The third kappa shape index (κ3) is 4.32. The van der Waals surface area contributed by atoms with Crippen molar-refractivity contribution in [3.05, 3.63) is 59.2 Å². The van der Waals surface area contributed by atoms with Crippen LogP contribution in [0.25, 0.3) is 0 Å². The highest BCUT2D eigenvalue weighted by Gasteiger charge is 2.33. The van der Waals surface area contributed by atoms with Crippen molar-refractivity contribution in [2.24, 2.45) is 0 Å². The quantitative estimate of drug-likeness (QED) is 0.736. The van der Waals surface area contributed by atoms with Crippen LogP contribution >= 0.6 is 0 Å². The predicted molar refractivity (Wildman–Crippen MR) is 103 cm³/mol. The molecule has 6 nitrogen and oxygen atoms in total. The molecule has 0 fully saturated rings. The van der Waals surface area contributed by atoms with Gasteiger partial charge in [0.05, 0.1) is 28.6 Å². The molecule has 10 heteroatoms. The average Bonchev–Trinajstić information content (AvgIpc) is 2.72. The molecule has 1 heterocycles. The van der Waals surface area contributed by atoms with Gasteiger partial charge in [-0.1, -0.05) is 0 Å². The fraction of sp³-hybridized carbons (Fsp3) is 0.300. The highest BCUT2D eigenvalue weighted by atomic mass is 32.2. The van der Waals surface area contributed by atoms with E-state index in [-0.39, 0.29) is 4.90 Å². The summed E-state index contributed by atoms with van der Waals surface area (Å²) in [4.78, 5) is 14.0. The average molecular weight is 437 g/mol. The minimum atomic E-state index is -4.48. The summed E-state index contributed by atoms with van der Waals surface area (Å²) in [6, 6.07) is 10.4. The Morgan fingerprint density at radius 3 is 2.47 bits per heavy atom. The second-order valence-corrected chi connectivity index (χ2v) is 8.93. The fourth-order valence-corrected chi connectivity index (χ4v) is 4.40. The molecule has 0 atom stereocenters. The number of nitrogens with zero attached hydrogens (tertiary/aromatic N) is 3. The number of anilines is 1. The molecule has 0 unspecified atom stereocenters. The first-order chi connectivity index (χ1) is 14.0. The van der Waals surface area contributed by atoms with Crippen LogP contribution in [0.3, 0.4) is 0 Å². The van der Waals surface area contributed by atoms with E-state index in [2.05, 4.69) is 0 Å². The number of benzene rings is 2. The van der Waals surface area contributed by atoms with Gasteiger partial charge in [-0.25, -0.2) is 8.42 Å². The molecule has 0 aromatic heterocycles. The van der Waals surface area contributed by atoms with Gasteiger partial charge in [0.1, 0.15) is 0 Å². The summed E-state index contributed by atoms with van der Waals surface area (Å²) in [6.07, 6.45) is -3.59. The molecule has 30 heavy (non-hydrogen) atoms. The third-order valence-electron chi connectivity index (χ3n) is 4.88. The van der Waals surface area contributed by atoms with Gasteiger partial charge in [-0.15, -0.1) is 0 Å². The Hall–Kier alpha value is -2.90. The minimum absolute atomic E-state index is 0.0642. The second kappa shape index (κ2) is 8.08. The predicted octanol–water partition coefficient (Wildman–Crippen LogP) is 3.18. The first kappa shape index (κ1) is 21.8. The van der Waals surface area contributed by atoms with Crippen molar-refractivity contribution in [1.82, 2.24) is 4.31 Å². The number of hydrogen-bond donors (Lipinski definition) is 0. The molecule has 0 bridgehead atoms. The van der Waals surface area contributed by atoms with Gasteiger partial charge in [-0.05, 0) is 60.9 Å². The molecule has 0 spiro atoms. The summed E-state index contributed by atoms with van der Waals surface area (Å²) >= 11 is 0. The number of likely N-dealkylation sites (N-methyl/N-ethyl adjacent to an activating group) is 1. The molecule has 1 aliphatic heterocycles. The number of halogens is 3. The van der Waals surface area contributed by atoms with Crippen molar-refractivity contribution in [3.8, 4) is 6.07 Å². The first-order valence-corrected chi connectivity index (χ1v) is 10.4. The van der Waals surface area contributed by atoms with Crippen LogP contribution in [0.2, 0.25) is 0 Å². The van der Waals surface area contributed by atoms with E-state index >= 15 is 0 Å². The van der Waals surface area contributed by atoms with Crippen LogP contribution < -0.4 is 4.90 Å². The maximum absolute atomic E-state index is 13.0. The van der Waals surface area contributed by atoms with E-state index in [0.717, 1.165) is 16.4 Å². The van der Waals surface area contributed by atoms with E-state index < -0.39 is 34.2 Å². The lowest BCUT2D eigenvalue weighted by Crippen LogP contribution is -2.43. The first-order valence-electron chi connectivity index (χ1n) is 9.01. The number of sulfonamides is 1. The Balaban J connectivity index is 1.80. The Morgan fingerprint density at radius 2 is 1.87 bits per heavy atom. The molecule has 1 aliphatic rings. The van der Waals surface area contributed by atoms with Gasteiger partial charge in [0.25, 0.3) is 0 Å². The molecular formula is C20H18F3N3O3S. The van der Waals surface area contributed by atoms with E-state index in [4.69, 9.17) is 5.26 Å². The zero-order chi connectivity index (χ0) is 22.1. The maximum atomic E-state index is 13.0. The summed E-state index contributed by atoms with van der Waals surface area (Å²) in [6.45, 7) is -0.176. The number of fused-ring (bicyclic) bond motifs is 1. The number of alkyl halides is 3. The number of carbonyl (C=O) groups is 1. The number of amides is 1. The van der Waals surface area contributed by atoms with Crippen LogP contribution in [0, 0.1) is 11.3 Å². The van der Waals surface area contributed by atoms with Gasteiger partial charge in [0.15, 0.2) is 0 Å². The SMILES string of the molecule is CN(CC(=O)N1CCCc2cc(C(F)(F)F)ccc21)S(=O)(=O)c1ccc(C#N)cc1. The molecule has 2 aromatic rings. The van der Waals surface area contributed by atoms with Crippen LogP contribution in [0.1, 0.15) is 23.1 Å². The lowest BCUT2D eigenvalue weighted by Gasteiger charge is -2.31. The van der Waals surface area contributed by atoms with Crippen LogP contribution in [0.5, 0.6) is 0 Å². The van der Waals surface area contributed by atoms with Crippen LogP contribution in [0.4, 0.5) is 18.9 Å².